The van der Waals surface area contributed by atoms with Crippen LogP contribution in [0.15, 0.2) is 18.3 Å². The van der Waals surface area contributed by atoms with E-state index in [1.165, 1.54) is 6.07 Å². The van der Waals surface area contributed by atoms with Gasteiger partial charge < -0.3 is 10.4 Å². The summed E-state index contributed by atoms with van der Waals surface area (Å²) in [6.07, 6.45) is -3.89. The minimum absolute atomic E-state index is 0.128. The summed E-state index contributed by atoms with van der Waals surface area (Å²) in [7, 11) is 0. The molecule has 1 aromatic heterocycles. The third-order valence-electron chi connectivity index (χ3n) is 2.23. The SMILES string of the molecule is CC(=O)NC(Cc1ccnc(C(F)(F)F)c1)C(=O)O. The fraction of sp³-hybridized carbons (Fsp3) is 0.364. The number of carboxylic acid groups (broad SMARTS) is 1. The van der Waals surface area contributed by atoms with Crippen LogP contribution in [-0.4, -0.2) is 28.0 Å². The number of aromatic nitrogens is 1. The van der Waals surface area contributed by atoms with E-state index in [1.54, 1.807) is 0 Å². The van der Waals surface area contributed by atoms with Crippen molar-refractivity contribution < 1.29 is 27.9 Å². The van der Waals surface area contributed by atoms with Gasteiger partial charge in [0, 0.05) is 19.5 Å². The third-order valence-corrected chi connectivity index (χ3v) is 2.23. The van der Waals surface area contributed by atoms with Crippen molar-refractivity contribution in [2.45, 2.75) is 25.6 Å². The fourth-order valence-corrected chi connectivity index (χ4v) is 1.44. The summed E-state index contributed by atoms with van der Waals surface area (Å²) in [5, 5.41) is 11.0. The number of hydrogen-bond donors (Lipinski definition) is 2. The zero-order chi connectivity index (χ0) is 14.6. The van der Waals surface area contributed by atoms with Gasteiger partial charge in [0.2, 0.25) is 5.91 Å². The zero-order valence-corrected chi connectivity index (χ0v) is 9.86. The number of alkyl halides is 3. The summed E-state index contributed by atoms with van der Waals surface area (Å²) in [5.41, 5.74) is -0.972. The molecule has 0 bridgehead atoms. The smallest absolute Gasteiger partial charge is 0.433 e. The molecule has 1 atom stereocenters. The van der Waals surface area contributed by atoms with Gasteiger partial charge in [0.05, 0.1) is 0 Å². The molecule has 2 N–H and O–H groups in total. The first-order valence-electron chi connectivity index (χ1n) is 5.22. The Morgan fingerprint density at radius 1 is 1.47 bits per heavy atom. The van der Waals surface area contributed by atoms with E-state index in [2.05, 4.69) is 10.3 Å². The minimum atomic E-state index is -4.59. The average molecular weight is 276 g/mol. The highest BCUT2D eigenvalue weighted by Gasteiger charge is 2.32. The Hall–Kier alpha value is -2.12. The van der Waals surface area contributed by atoms with Crippen LogP contribution in [0.2, 0.25) is 0 Å². The predicted octanol–water partition coefficient (Wildman–Crippen LogP) is 1.23. The molecular formula is C11H11F3N2O3. The van der Waals surface area contributed by atoms with Crippen molar-refractivity contribution >= 4 is 11.9 Å². The van der Waals surface area contributed by atoms with Gasteiger partial charge in [0.1, 0.15) is 11.7 Å². The lowest BCUT2D eigenvalue weighted by atomic mass is 10.1. The standard InChI is InChI=1S/C11H11F3N2O3/c1-6(17)16-8(10(18)19)4-7-2-3-15-9(5-7)11(12,13)14/h2-3,5,8H,4H2,1H3,(H,16,17)(H,18,19). The molecule has 1 amide bonds. The van der Waals surface area contributed by atoms with E-state index in [4.69, 9.17) is 5.11 Å². The highest BCUT2D eigenvalue weighted by molar-refractivity contribution is 5.82. The van der Waals surface area contributed by atoms with Crippen LogP contribution >= 0.6 is 0 Å². The van der Waals surface area contributed by atoms with E-state index in [9.17, 15) is 22.8 Å². The van der Waals surface area contributed by atoms with E-state index >= 15 is 0 Å². The van der Waals surface area contributed by atoms with Gasteiger partial charge in [-0.05, 0) is 17.7 Å². The first-order valence-corrected chi connectivity index (χ1v) is 5.22. The second-order valence-corrected chi connectivity index (χ2v) is 3.84. The first-order chi connectivity index (χ1) is 8.70. The van der Waals surface area contributed by atoms with Gasteiger partial charge in [-0.3, -0.25) is 9.78 Å². The third kappa shape index (κ3) is 4.57. The molecule has 0 radical (unpaired) electrons. The van der Waals surface area contributed by atoms with E-state index < -0.39 is 29.8 Å². The Labute approximate surface area is 106 Å². The lowest BCUT2D eigenvalue weighted by Crippen LogP contribution is -2.41. The Bertz CT molecular complexity index is 488. The molecule has 1 heterocycles. The number of carboxylic acids is 1. The molecule has 0 aliphatic carbocycles. The van der Waals surface area contributed by atoms with E-state index in [1.807, 2.05) is 0 Å². The highest BCUT2D eigenvalue weighted by Crippen LogP contribution is 2.27. The van der Waals surface area contributed by atoms with Crippen LogP contribution in [0.5, 0.6) is 0 Å². The molecule has 0 aliphatic heterocycles. The minimum Gasteiger partial charge on any atom is -0.480 e. The molecule has 19 heavy (non-hydrogen) atoms. The van der Waals surface area contributed by atoms with Crippen LogP contribution < -0.4 is 5.32 Å². The molecular weight excluding hydrogens is 265 g/mol. The number of hydrogen-bond acceptors (Lipinski definition) is 3. The second kappa shape index (κ2) is 5.68. The first kappa shape index (κ1) is 14.9. The quantitative estimate of drug-likeness (QED) is 0.867. The molecule has 104 valence electrons. The second-order valence-electron chi connectivity index (χ2n) is 3.84. The number of carbonyl (C=O) groups is 2. The Balaban J connectivity index is 2.91. The molecule has 0 saturated heterocycles. The summed E-state index contributed by atoms with van der Waals surface area (Å²) in [6, 6.07) is 0.756. The largest absolute Gasteiger partial charge is 0.480 e. The van der Waals surface area contributed by atoms with Crippen LogP contribution in [0.3, 0.4) is 0 Å². The van der Waals surface area contributed by atoms with Crippen LogP contribution in [0.1, 0.15) is 18.2 Å². The molecule has 0 fully saturated rings. The summed E-state index contributed by atoms with van der Waals surface area (Å²) >= 11 is 0. The lowest BCUT2D eigenvalue weighted by molar-refractivity contribution is -0.141. The van der Waals surface area contributed by atoms with Gasteiger partial charge in [0.25, 0.3) is 0 Å². The van der Waals surface area contributed by atoms with Crippen molar-refractivity contribution in [3.63, 3.8) is 0 Å². The van der Waals surface area contributed by atoms with E-state index in [0.717, 1.165) is 19.2 Å². The molecule has 1 rings (SSSR count). The summed E-state index contributed by atoms with van der Waals surface area (Å²) in [5.74, 6) is -1.89. The van der Waals surface area contributed by atoms with Crippen LogP contribution in [0, 0.1) is 0 Å². The molecule has 1 aromatic rings. The van der Waals surface area contributed by atoms with Crippen molar-refractivity contribution in [3.8, 4) is 0 Å². The highest BCUT2D eigenvalue weighted by atomic mass is 19.4. The van der Waals surface area contributed by atoms with Gasteiger partial charge in [-0.15, -0.1) is 0 Å². The Morgan fingerprint density at radius 3 is 2.58 bits per heavy atom. The number of carbonyl (C=O) groups excluding carboxylic acids is 1. The van der Waals surface area contributed by atoms with Gasteiger partial charge >= 0.3 is 12.1 Å². The summed E-state index contributed by atoms with van der Waals surface area (Å²) < 4.78 is 37.3. The van der Waals surface area contributed by atoms with Crippen molar-refractivity contribution in [1.82, 2.24) is 10.3 Å². The number of pyridine rings is 1. The molecule has 0 aliphatic rings. The molecule has 0 saturated carbocycles. The van der Waals surface area contributed by atoms with E-state index in [-0.39, 0.29) is 12.0 Å². The zero-order valence-electron chi connectivity index (χ0n) is 9.86. The number of amides is 1. The van der Waals surface area contributed by atoms with Crippen molar-refractivity contribution in [1.29, 1.82) is 0 Å². The number of nitrogens with zero attached hydrogens (tertiary/aromatic N) is 1. The van der Waals surface area contributed by atoms with Crippen molar-refractivity contribution in [3.05, 3.63) is 29.6 Å². The van der Waals surface area contributed by atoms with Crippen LogP contribution in [-0.2, 0) is 22.2 Å². The van der Waals surface area contributed by atoms with Gasteiger partial charge in [0.15, 0.2) is 0 Å². The Morgan fingerprint density at radius 2 is 2.11 bits per heavy atom. The molecule has 1 unspecified atom stereocenters. The number of halogens is 3. The maximum Gasteiger partial charge on any atom is 0.433 e. The van der Waals surface area contributed by atoms with Crippen molar-refractivity contribution in [2.75, 3.05) is 0 Å². The number of nitrogens with one attached hydrogen (secondary N) is 1. The number of aliphatic carboxylic acids is 1. The van der Waals surface area contributed by atoms with E-state index in [0.29, 0.717) is 0 Å². The van der Waals surface area contributed by atoms with Gasteiger partial charge in [-0.2, -0.15) is 13.2 Å². The average Bonchev–Trinajstić information content (AvgIpc) is 2.26. The van der Waals surface area contributed by atoms with Gasteiger partial charge in [-0.25, -0.2) is 4.79 Å². The van der Waals surface area contributed by atoms with Gasteiger partial charge in [-0.1, -0.05) is 0 Å². The molecule has 8 heteroatoms. The van der Waals surface area contributed by atoms with Crippen molar-refractivity contribution in [2.24, 2.45) is 0 Å². The van der Waals surface area contributed by atoms with Crippen LogP contribution in [0.4, 0.5) is 13.2 Å². The lowest BCUT2D eigenvalue weighted by Gasteiger charge is -2.14. The fourth-order valence-electron chi connectivity index (χ4n) is 1.44. The summed E-state index contributed by atoms with van der Waals surface area (Å²) in [4.78, 5) is 24.8. The maximum absolute atomic E-state index is 12.4. The maximum atomic E-state index is 12.4. The summed E-state index contributed by atoms with van der Waals surface area (Å²) in [6.45, 7) is 1.13. The molecule has 0 aromatic carbocycles. The normalized spacial score (nSPS) is 12.8. The molecule has 0 spiro atoms. The topological polar surface area (TPSA) is 79.3 Å². The predicted molar refractivity (Wildman–Crippen MR) is 58.2 cm³/mol. The monoisotopic (exact) mass is 276 g/mol. The Kier molecular flexibility index (Phi) is 4.47. The number of rotatable bonds is 4. The molecule has 5 nitrogen and oxygen atoms in total. The van der Waals surface area contributed by atoms with Crippen LogP contribution in [0.25, 0.3) is 0 Å².